The fourth-order valence-corrected chi connectivity index (χ4v) is 1.29. The number of hydrogen-bond donors (Lipinski definition) is 2. The van der Waals surface area contributed by atoms with E-state index in [1.54, 1.807) is 24.3 Å². The van der Waals surface area contributed by atoms with Gasteiger partial charge in [-0.3, -0.25) is 5.41 Å². The molecule has 0 saturated carbocycles. The number of fused-ring (bicyclic) bond motifs is 1. The van der Waals surface area contributed by atoms with Crippen LogP contribution in [-0.2, 0) is 4.79 Å². The van der Waals surface area contributed by atoms with Crippen molar-refractivity contribution in [3.05, 3.63) is 35.4 Å². The summed E-state index contributed by atoms with van der Waals surface area (Å²) in [6.07, 6.45) is 0. The van der Waals surface area contributed by atoms with Gasteiger partial charge in [0.1, 0.15) is 0 Å². The van der Waals surface area contributed by atoms with Crippen molar-refractivity contribution in [2.45, 2.75) is 0 Å². The van der Waals surface area contributed by atoms with Crippen molar-refractivity contribution in [3.63, 3.8) is 0 Å². The molecule has 4 nitrogen and oxygen atoms in total. The van der Waals surface area contributed by atoms with Crippen LogP contribution in [0.15, 0.2) is 29.3 Å². The third kappa shape index (κ3) is 1.03. The molecule has 0 bridgehead atoms. The Morgan fingerprint density at radius 2 is 1.92 bits per heavy atom. The maximum atomic E-state index is 10.7. The lowest BCUT2D eigenvalue weighted by Gasteiger charge is -1.96. The summed E-state index contributed by atoms with van der Waals surface area (Å²) in [4.78, 5) is 14.3. The predicted octanol–water partition coefficient (Wildman–Crippen LogP) is 0.899. The minimum atomic E-state index is -1.09. The molecule has 1 aliphatic rings. The largest absolute Gasteiger partial charge is 0.476 e. The summed E-state index contributed by atoms with van der Waals surface area (Å²) in [6, 6.07) is 6.84. The molecule has 1 aliphatic heterocycles. The maximum absolute atomic E-state index is 10.7. The topological polar surface area (TPSA) is 73.5 Å². The Balaban J connectivity index is 2.64. The van der Waals surface area contributed by atoms with Crippen LogP contribution >= 0.6 is 0 Å². The van der Waals surface area contributed by atoms with Crippen LogP contribution in [0.1, 0.15) is 11.1 Å². The Kier molecular flexibility index (Phi) is 1.48. The van der Waals surface area contributed by atoms with Gasteiger partial charge in [-0.05, 0) is 0 Å². The lowest BCUT2D eigenvalue weighted by molar-refractivity contribution is -0.129. The van der Waals surface area contributed by atoms with Gasteiger partial charge in [0.05, 0.1) is 0 Å². The lowest BCUT2D eigenvalue weighted by atomic mass is 10.1. The summed E-state index contributed by atoms with van der Waals surface area (Å²) in [5.41, 5.74) is 1.07. The molecule has 1 heterocycles. The van der Waals surface area contributed by atoms with Crippen molar-refractivity contribution >= 4 is 17.5 Å². The molecule has 2 rings (SSSR count). The Morgan fingerprint density at radius 1 is 1.31 bits per heavy atom. The molecular formula is C9H6N2O2. The highest BCUT2D eigenvalue weighted by Crippen LogP contribution is 2.18. The summed E-state index contributed by atoms with van der Waals surface area (Å²) in [5, 5.41) is 16.2. The van der Waals surface area contributed by atoms with E-state index in [1.807, 2.05) is 0 Å². The first kappa shape index (κ1) is 7.67. The van der Waals surface area contributed by atoms with Gasteiger partial charge in [0.25, 0.3) is 0 Å². The molecule has 0 saturated heterocycles. The molecule has 0 radical (unpaired) electrons. The molecule has 0 fully saturated rings. The number of aliphatic imine (C=N–C) groups is 1. The normalized spacial score (nSPS) is 13.8. The molecular weight excluding hydrogens is 168 g/mol. The standard InChI is InChI=1S/C9H6N2O2/c10-8-6-4-2-1-3-5(6)7(11-8)9(12)13/h1-4,10H,(H,12,13). The van der Waals surface area contributed by atoms with E-state index in [9.17, 15) is 4.79 Å². The van der Waals surface area contributed by atoms with E-state index >= 15 is 0 Å². The van der Waals surface area contributed by atoms with Crippen LogP contribution in [0.5, 0.6) is 0 Å². The van der Waals surface area contributed by atoms with Crippen molar-refractivity contribution in [1.29, 1.82) is 5.41 Å². The zero-order valence-electron chi connectivity index (χ0n) is 6.61. The van der Waals surface area contributed by atoms with Crippen LogP contribution in [-0.4, -0.2) is 22.6 Å². The van der Waals surface area contributed by atoms with Crippen molar-refractivity contribution in [2.24, 2.45) is 4.99 Å². The first-order valence-corrected chi connectivity index (χ1v) is 3.70. The van der Waals surface area contributed by atoms with Gasteiger partial charge < -0.3 is 5.11 Å². The van der Waals surface area contributed by atoms with E-state index in [2.05, 4.69) is 4.99 Å². The molecule has 13 heavy (non-hydrogen) atoms. The van der Waals surface area contributed by atoms with Crippen molar-refractivity contribution in [1.82, 2.24) is 0 Å². The zero-order valence-corrected chi connectivity index (χ0v) is 6.61. The number of benzene rings is 1. The van der Waals surface area contributed by atoms with E-state index < -0.39 is 5.97 Å². The summed E-state index contributed by atoms with van der Waals surface area (Å²) in [5.74, 6) is -1.07. The number of nitrogens with one attached hydrogen (secondary N) is 1. The number of carbonyl (C=O) groups is 1. The molecule has 0 unspecified atom stereocenters. The van der Waals surface area contributed by atoms with Crippen LogP contribution in [0.3, 0.4) is 0 Å². The fraction of sp³-hybridized carbons (Fsp3) is 0. The number of rotatable bonds is 1. The quantitative estimate of drug-likeness (QED) is 0.663. The minimum absolute atomic E-state index is 0.0213. The monoisotopic (exact) mass is 174 g/mol. The number of carboxylic acids is 1. The van der Waals surface area contributed by atoms with E-state index in [0.29, 0.717) is 11.1 Å². The molecule has 0 spiro atoms. The van der Waals surface area contributed by atoms with Gasteiger partial charge in [0.15, 0.2) is 11.5 Å². The number of amidine groups is 1. The number of aliphatic carboxylic acids is 1. The Bertz CT molecular complexity index is 435. The number of hydrogen-bond acceptors (Lipinski definition) is 2. The average molecular weight is 174 g/mol. The molecule has 4 heteroatoms. The first-order valence-electron chi connectivity index (χ1n) is 3.70. The molecule has 0 aliphatic carbocycles. The first-order chi connectivity index (χ1) is 6.20. The molecule has 1 aromatic carbocycles. The summed E-state index contributed by atoms with van der Waals surface area (Å²) < 4.78 is 0. The van der Waals surface area contributed by atoms with E-state index in [4.69, 9.17) is 10.5 Å². The van der Waals surface area contributed by atoms with Gasteiger partial charge in [0.2, 0.25) is 0 Å². The number of nitrogens with zero attached hydrogens (tertiary/aromatic N) is 1. The lowest BCUT2D eigenvalue weighted by Crippen LogP contribution is -2.11. The van der Waals surface area contributed by atoms with Crippen LogP contribution in [0, 0.1) is 5.41 Å². The second kappa shape index (κ2) is 2.52. The summed E-state index contributed by atoms with van der Waals surface area (Å²) >= 11 is 0. The van der Waals surface area contributed by atoms with Gasteiger partial charge in [-0.1, -0.05) is 24.3 Å². The van der Waals surface area contributed by atoms with Crippen molar-refractivity contribution in [2.75, 3.05) is 0 Å². The zero-order chi connectivity index (χ0) is 9.42. The fourth-order valence-electron chi connectivity index (χ4n) is 1.29. The molecule has 64 valence electrons. The SMILES string of the molecule is N=C1N=C(C(=O)O)c2ccccc21. The van der Waals surface area contributed by atoms with Gasteiger partial charge in [-0.15, -0.1) is 0 Å². The molecule has 0 atom stereocenters. The van der Waals surface area contributed by atoms with Crippen LogP contribution in [0.2, 0.25) is 0 Å². The highest BCUT2D eigenvalue weighted by Gasteiger charge is 2.24. The maximum Gasteiger partial charge on any atom is 0.355 e. The highest BCUT2D eigenvalue weighted by molar-refractivity contribution is 6.48. The highest BCUT2D eigenvalue weighted by atomic mass is 16.4. The second-order valence-corrected chi connectivity index (χ2v) is 2.66. The van der Waals surface area contributed by atoms with E-state index in [0.717, 1.165) is 0 Å². The van der Waals surface area contributed by atoms with Crippen LogP contribution in [0.4, 0.5) is 0 Å². The summed E-state index contributed by atoms with van der Waals surface area (Å²) in [6.45, 7) is 0. The third-order valence-corrected chi connectivity index (χ3v) is 1.86. The van der Waals surface area contributed by atoms with Crippen LogP contribution < -0.4 is 0 Å². The molecule has 0 amide bonds. The number of carboxylic acid groups (broad SMARTS) is 1. The smallest absolute Gasteiger partial charge is 0.355 e. The van der Waals surface area contributed by atoms with E-state index in [1.165, 1.54) is 0 Å². The Hall–Kier alpha value is -1.97. The van der Waals surface area contributed by atoms with Gasteiger partial charge in [-0.2, -0.15) is 0 Å². The van der Waals surface area contributed by atoms with Gasteiger partial charge in [0, 0.05) is 11.1 Å². The van der Waals surface area contributed by atoms with Crippen LogP contribution in [0.25, 0.3) is 0 Å². The Labute approximate surface area is 74.1 Å². The predicted molar refractivity (Wildman–Crippen MR) is 47.4 cm³/mol. The van der Waals surface area contributed by atoms with Crippen molar-refractivity contribution < 1.29 is 9.90 Å². The summed E-state index contributed by atoms with van der Waals surface area (Å²) in [7, 11) is 0. The molecule has 0 aromatic heterocycles. The van der Waals surface area contributed by atoms with E-state index in [-0.39, 0.29) is 11.5 Å². The minimum Gasteiger partial charge on any atom is -0.476 e. The third-order valence-electron chi connectivity index (χ3n) is 1.86. The van der Waals surface area contributed by atoms with Gasteiger partial charge >= 0.3 is 5.97 Å². The second-order valence-electron chi connectivity index (χ2n) is 2.66. The average Bonchev–Trinajstić information content (AvgIpc) is 2.45. The molecule has 2 N–H and O–H groups in total. The Morgan fingerprint density at radius 3 is 2.54 bits per heavy atom. The molecule has 1 aromatic rings. The van der Waals surface area contributed by atoms with Gasteiger partial charge in [-0.25, -0.2) is 9.79 Å². The van der Waals surface area contributed by atoms with Crippen molar-refractivity contribution in [3.8, 4) is 0 Å².